The number of nitrogens with zero attached hydrogens (tertiary/aromatic N) is 3. The van der Waals surface area contributed by atoms with E-state index in [0.717, 1.165) is 42.7 Å². The SMILES string of the molecule is Fc1cc2nc(C3=CCCN=C3)n(C3CC3)c2cc1Cl. The highest BCUT2D eigenvalue weighted by Gasteiger charge is 2.29. The summed E-state index contributed by atoms with van der Waals surface area (Å²) in [5.41, 5.74) is 2.60. The van der Waals surface area contributed by atoms with Crippen LogP contribution < -0.4 is 0 Å². The second-order valence-electron chi connectivity index (χ2n) is 5.28. The second-order valence-corrected chi connectivity index (χ2v) is 5.68. The molecule has 1 aromatic heterocycles. The van der Waals surface area contributed by atoms with Crippen LogP contribution in [-0.2, 0) is 0 Å². The van der Waals surface area contributed by atoms with Gasteiger partial charge in [0.2, 0.25) is 0 Å². The lowest BCUT2D eigenvalue weighted by molar-refractivity contribution is 0.629. The summed E-state index contributed by atoms with van der Waals surface area (Å²) in [6.45, 7) is 0.827. The van der Waals surface area contributed by atoms with Gasteiger partial charge in [-0.2, -0.15) is 0 Å². The van der Waals surface area contributed by atoms with Gasteiger partial charge in [-0.3, -0.25) is 4.99 Å². The summed E-state index contributed by atoms with van der Waals surface area (Å²) < 4.78 is 15.8. The predicted molar refractivity (Wildman–Crippen MR) is 78.9 cm³/mol. The minimum Gasteiger partial charge on any atom is -0.321 e. The van der Waals surface area contributed by atoms with Crippen LogP contribution in [0.3, 0.4) is 0 Å². The van der Waals surface area contributed by atoms with Gasteiger partial charge in [-0.15, -0.1) is 0 Å². The summed E-state index contributed by atoms with van der Waals surface area (Å²) >= 11 is 5.92. The molecule has 102 valence electrons. The highest BCUT2D eigenvalue weighted by atomic mass is 35.5. The molecule has 4 rings (SSSR count). The van der Waals surface area contributed by atoms with Gasteiger partial charge in [0.05, 0.1) is 16.1 Å². The van der Waals surface area contributed by atoms with Crippen LogP contribution in [0.15, 0.2) is 23.2 Å². The molecule has 1 aliphatic carbocycles. The average Bonchev–Trinajstić information content (AvgIpc) is 3.23. The molecule has 0 saturated heterocycles. The number of fused-ring (bicyclic) bond motifs is 1. The fourth-order valence-corrected chi connectivity index (χ4v) is 2.81. The van der Waals surface area contributed by atoms with Gasteiger partial charge < -0.3 is 4.57 Å². The molecule has 1 aliphatic heterocycles. The van der Waals surface area contributed by atoms with Gasteiger partial charge in [0.25, 0.3) is 0 Å². The molecule has 0 bridgehead atoms. The number of hydrogen-bond acceptors (Lipinski definition) is 2. The zero-order valence-corrected chi connectivity index (χ0v) is 11.6. The molecule has 20 heavy (non-hydrogen) atoms. The maximum Gasteiger partial charge on any atom is 0.144 e. The van der Waals surface area contributed by atoms with E-state index in [1.165, 1.54) is 6.07 Å². The topological polar surface area (TPSA) is 30.2 Å². The molecule has 0 radical (unpaired) electrons. The first-order valence-corrected chi connectivity index (χ1v) is 7.19. The van der Waals surface area contributed by atoms with Gasteiger partial charge >= 0.3 is 0 Å². The molecule has 1 aromatic carbocycles. The largest absolute Gasteiger partial charge is 0.321 e. The third-order valence-corrected chi connectivity index (χ3v) is 4.04. The monoisotopic (exact) mass is 289 g/mol. The lowest BCUT2D eigenvalue weighted by atomic mass is 10.2. The molecule has 1 saturated carbocycles. The number of imidazole rings is 1. The molecular formula is C15H13ClFN3. The summed E-state index contributed by atoms with van der Waals surface area (Å²) in [4.78, 5) is 8.92. The molecule has 0 atom stereocenters. The number of halogens is 2. The van der Waals surface area contributed by atoms with Crippen LogP contribution in [-0.4, -0.2) is 22.3 Å². The van der Waals surface area contributed by atoms with Gasteiger partial charge in [-0.25, -0.2) is 9.37 Å². The molecule has 5 heteroatoms. The average molecular weight is 290 g/mol. The quantitative estimate of drug-likeness (QED) is 0.821. The number of hydrogen-bond donors (Lipinski definition) is 0. The van der Waals surface area contributed by atoms with E-state index in [1.54, 1.807) is 6.07 Å². The smallest absolute Gasteiger partial charge is 0.144 e. The number of rotatable bonds is 2. The summed E-state index contributed by atoms with van der Waals surface area (Å²) in [5, 5.41) is 0.150. The molecule has 0 unspecified atom stereocenters. The normalized spacial score (nSPS) is 18.6. The van der Waals surface area contributed by atoms with Gasteiger partial charge in [0.1, 0.15) is 11.6 Å². The third-order valence-electron chi connectivity index (χ3n) is 3.75. The molecule has 1 fully saturated rings. The van der Waals surface area contributed by atoms with Crippen molar-refractivity contribution in [1.82, 2.24) is 9.55 Å². The minimum atomic E-state index is -0.419. The molecule has 2 heterocycles. The summed E-state index contributed by atoms with van der Waals surface area (Å²) in [6.07, 6.45) is 7.21. The number of dihydropyridines is 1. The Hall–Kier alpha value is -1.68. The molecule has 3 nitrogen and oxygen atoms in total. The highest BCUT2D eigenvalue weighted by molar-refractivity contribution is 6.31. The maximum absolute atomic E-state index is 13.6. The number of benzene rings is 1. The Morgan fingerprint density at radius 3 is 2.85 bits per heavy atom. The Balaban J connectivity index is 1.98. The molecule has 0 N–H and O–H groups in total. The van der Waals surface area contributed by atoms with Crippen molar-refractivity contribution in [3.8, 4) is 0 Å². The van der Waals surface area contributed by atoms with E-state index in [2.05, 4.69) is 20.6 Å². The fraction of sp³-hybridized carbons (Fsp3) is 0.333. The van der Waals surface area contributed by atoms with Crippen LogP contribution in [0, 0.1) is 5.82 Å². The zero-order valence-electron chi connectivity index (χ0n) is 10.8. The Kier molecular flexibility index (Phi) is 2.67. The molecular weight excluding hydrogens is 277 g/mol. The number of allylic oxidation sites excluding steroid dienone is 1. The van der Waals surface area contributed by atoms with E-state index in [1.807, 2.05) is 6.21 Å². The van der Waals surface area contributed by atoms with E-state index in [0.29, 0.717) is 11.6 Å². The van der Waals surface area contributed by atoms with Crippen molar-refractivity contribution in [2.45, 2.75) is 25.3 Å². The van der Waals surface area contributed by atoms with E-state index in [4.69, 9.17) is 11.6 Å². The van der Waals surface area contributed by atoms with Crippen molar-refractivity contribution in [1.29, 1.82) is 0 Å². The zero-order chi connectivity index (χ0) is 13.7. The molecule has 0 spiro atoms. The van der Waals surface area contributed by atoms with Crippen molar-refractivity contribution in [3.63, 3.8) is 0 Å². The summed E-state index contributed by atoms with van der Waals surface area (Å²) in [6, 6.07) is 3.55. The van der Waals surface area contributed by atoms with Crippen LogP contribution in [0.1, 0.15) is 31.1 Å². The maximum atomic E-state index is 13.6. The number of aliphatic imine (C=N–C) groups is 1. The highest BCUT2D eigenvalue weighted by Crippen LogP contribution is 2.41. The van der Waals surface area contributed by atoms with E-state index >= 15 is 0 Å². The number of aromatic nitrogens is 2. The Morgan fingerprint density at radius 2 is 2.15 bits per heavy atom. The van der Waals surface area contributed by atoms with Crippen molar-refractivity contribution < 1.29 is 4.39 Å². The first-order valence-electron chi connectivity index (χ1n) is 6.81. The first kappa shape index (κ1) is 12.1. The Morgan fingerprint density at radius 1 is 1.30 bits per heavy atom. The van der Waals surface area contributed by atoms with E-state index in [-0.39, 0.29) is 5.02 Å². The molecule has 0 amide bonds. The van der Waals surface area contributed by atoms with Gasteiger partial charge in [-0.05, 0) is 25.3 Å². The predicted octanol–water partition coefficient (Wildman–Crippen LogP) is 4.02. The van der Waals surface area contributed by atoms with E-state index in [9.17, 15) is 4.39 Å². The van der Waals surface area contributed by atoms with Crippen molar-refractivity contribution in [2.75, 3.05) is 6.54 Å². The standard InChI is InChI=1S/C15H13ClFN3/c16-11-6-14-13(7-12(11)17)19-15(20(14)10-3-4-10)9-2-1-5-18-8-9/h2,6-8,10H,1,3-5H2. The fourth-order valence-electron chi connectivity index (χ4n) is 2.66. The Labute approximate surface area is 120 Å². The van der Waals surface area contributed by atoms with Gasteiger partial charge in [-0.1, -0.05) is 17.7 Å². The van der Waals surface area contributed by atoms with Gasteiger partial charge in [0, 0.05) is 30.4 Å². The summed E-state index contributed by atoms with van der Waals surface area (Å²) in [5.74, 6) is 0.463. The van der Waals surface area contributed by atoms with Crippen LogP contribution in [0.4, 0.5) is 4.39 Å². The van der Waals surface area contributed by atoms with Crippen molar-refractivity contribution >= 4 is 34.4 Å². The van der Waals surface area contributed by atoms with Crippen LogP contribution >= 0.6 is 11.6 Å². The van der Waals surface area contributed by atoms with Gasteiger partial charge in [0.15, 0.2) is 0 Å². The minimum absolute atomic E-state index is 0.150. The lowest BCUT2D eigenvalue weighted by Gasteiger charge is -2.10. The van der Waals surface area contributed by atoms with E-state index < -0.39 is 5.82 Å². The first-order chi connectivity index (χ1) is 9.74. The van der Waals surface area contributed by atoms with Crippen LogP contribution in [0.25, 0.3) is 16.6 Å². The lowest BCUT2D eigenvalue weighted by Crippen LogP contribution is -2.04. The van der Waals surface area contributed by atoms with Crippen molar-refractivity contribution in [3.05, 3.63) is 34.9 Å². The van der Waals surface area contributed by atoms with Crippen LogP contribution in [0.5, 0.6) is 0 Å². The van der Waals surface area contributed by atoms with Crippen LogP contribution in [0.2, 0.25) is 5.02 Å². The van der Waals surface area contributed by atoms with Crippen molar-refractivity contribution in [2.24, 2.45) is 4.99 Å². The third kappa shape index (κ3) is 1.86. The Bertz CT molecular complexity index is 756. The molecule has 2 aliphatic rings. The summed E-state index contributed by atoms with van der Waals surface area (Å²) in [7, 11) is 0. The second kappa shape index (κ2) is 4.42. The molecule has 2 aromatic rings.